The van der Waals surface area contributed by atoms with Crippen molar-refractivity contribution in [1.29, 1.82) is 0 Å². The molecule has 0 radical (unpaired) electrons. The molecular formula is C21H20Cl2F3N3O2. The summed E-state index contributed by atoms with van der Waals surface area (Å²) in [6, 6.07) is 6.84. The third-order valence-corrected chi connectivity index (χ3v) is 5.30. The Morgan fingerprint density at radius 2 is 1.71 bits per heavy atom. The van der Waals surface area contributed by atoms with Gasteiger partial charge in [-0.15, -0.1) is 0 Å². The van der Waals surface area contributed by atoms with Crippen LogP contribution in [-0.4, -0.2) is 26.1 Å². The SMILES string of the molecule is CCn1c(=O)n(CC(=O)CCCCC(F)(F)F)c2ncc(-c3cc(Cl)cc(Cl)c3)cc21. The van der Waals surface area contributed by atoms with Crippen LogP contribution >= 0.6 is 23.2 Å². The maximum absolute atomic E-state index is 12.8. The third-order valence-electron chi connectivity index (χ3n) is 4.87. The Hall–Kier alpha value is -2.32. The van der Waals surface area contributed by atoms with Crippen molar-refractivity contribution in [1.82, 2.24) is 14.1 Å². The highest BCUT2D eigenvalue weighted by molar-refractivity contribution is 6.35. The van der Waals surface area contributed by atoms with Crippen LogP contribution in [0.1, 0.15) is 32.6 Å². The Labute approximate surface area is 186 Å². The number of Topliss-reactive ketones (excluding diaryl/α,β-unsaturated/α-hetero) is 1. The number of benzene rings is 1. The molecule has 0 aliphatic carbocycles. The normalized spacial score (nSPS) is 11.9. The molecule has 0 fully saturated rings. The molecule has 1 aromatic carbocycles. The van der Waals surface area contributed by atoms with Gasteiger partial charge in [-0.05, 0) is 49.6 Å². The average Bonchev–Trinajstić information content (AvgIpc) is 2.94. The fourth-order valence-corrected chi connectivity index (χ4v) is 3.95. The number of unbranched alkanes of at least 4 members (excludes halogenated alkanes) is 1. The number of aryl methyl sites for hydroxylation is 1. The predicted octanol–water partition coefficient (Wildman–Crippen LogP) is 5.88. The molecule has 5 nitrogen and oxygen atoms in total. The topological polar surface area (TPSA) is 56.9 Å². The quantitative estimate of drug-likeness (QED) is 0.383. The van der Waals surface area contributed by atoms with Crippen LogP contribution in [0.3, 0.4) is 0 Å². The van der Waals surface area contributed by atoms with Crippen LogP contribution in [0.15, 0.2) is 35.3 Å². The fraction of sp³-hybridized carbons (Fsp3) is 0.381. The molecular weight excluding hydrogens is 454 g/mol. The smallest absolute Gasteiger partial charge is 0.298 e. The van der Waals surface area contributed by atoms with Crippen LogP contribution in [0.5, 0.6) is 0 Å². The van der Waals surface area contributed by atoms with E-state index in [2.05, 4.69) is 4.98 Å². The molecule has 0 bridgehead atoms. The van der Waals surface area contributed by atoms with E-state index < -0.39 is 18.3 Å². The summed E-state index contributed by atoms with van der Waals surface area (Å²) in [5.74, 6) is -0.313. The van der Waals surface area contributed by atoms with Crippen LogP contribution < -0.4 is 5.69 Å². The number of pyridine rings is 1. The first-order valence-corrected chi connectivity index (χ1v) is 10.5. The highest BCUT2D eigenvalue weighted by Gasteiger charge is 2.26. The molecule has 0 saturated heterocycles. The Kier molecular flexibility index (Phi) is 7.11. The van der Waals surface area contributed by atoms with Gasteiger partial charge in [0.25, 0.3) is 0 Å². The molecule has 0 amide bonds. The molecule has 0 aliphatic rings. The second-order valence-corrected chi connectivity index (χ2v) is 8.07. The zero-order chi connectivity index (χ0) is 22.8. The van der Waals surface area contributed by atoms with Crippen molar-refractivity contribution in [3.05, 3.63) is 51.0 Å². The monoisotopic (exact) mass is 473 g/mol. The van der Waals surface area contributed by atoms with Crippen molar-refractivity contribution in [3.63, 3.8) is 0 Å². The number of alkyl halides is 3. The van der Waals surface area contributed by atoms with Gasteiger partial charge in [-0.2, -0.15) is 13.2 Å². The van der Waals surface area contributed by atoms with Gasteiger partial charge in [0.2, 0.25) is 0 Å². The lowest BCUT2D eigenvalue weighted by molar-refractivity contribution is -0.136. The minimum absolute atomic E-state index is 0.0274. The molecule has 10 heteroatoms. The second kappa shape index (κ2) is 9.44. The Morgan fingerprint density at radius 1 is 1.03 bits per heavy atom. The summed E-state index contributed by atoms with van der Waals surface area (Å²) in [6.45, 7) is 1.93. The molecule has 3 rings (SSSR count). The van der Waals surface area contributed by atoms with Crippen LogP contribution in [0, 0.1) is 0 Å². The summed E-state index contributed by atoms with van der Waals surface area (Å²) >= 11 is 12.2. The maximum atomic E-state index is 12.8. The zero-order valence-corrected chi connectivity index (χ0v) is 18.2. The standard InChI is InChI=1S/C21H20Cl2F3N3O2/c1-2-28-18-9-14(13-7-15(22)10-16(23)8-13)11-27-19(18)29(20(28)31)12-17(30)5-3-4-6-21(24,25)26/h7-11H,2-6,12H2,1H3. The maximum Gasteiger partial charge on any atom is 0.389 e. The van der Waals surface area contributed by atoms with Gasteiger partial charge >= 0.3 is 11.9 Å². The predicted molar refractivity (Wildman–Crippen MR) is 115 cm³/mol. The second-order valence-electron chi connectivity index (χ2n) is 7.20. The number of fused-ring (bicyclic) bond motifs is 1. The lowest BCUT2D eigenvalue weighted by Crippen LogP contribution is -2.26. The molecule has 0 atom stereocenters. The van der Waals surface area contributed by atoms with Gasteiger partial charge in [0.05, 0.1) is 12.1 Å². The number of carbonyl (C=O) groups excluding carboxylic acids is 1. The van der Waals surface area contributed by atoms with Crippen molar-refractivity contribution in [2.24, 2.45) is 0 Å². The van der Waals surface area contributed by atoms with Crippen molar-refractivity contribution >= 4 is 40.1 Å². The first-order chi connectivity index (χ1) is 14.6. The summed E-state index contributed by atoms with van der Waals surface area (Å²) in [5, 5.41) is 0.924. The molecule has 3 aromatic rings. The Morgan fingerprint density at radius 3 is 2.32 bits per heavy atom. The molecule has 0 aliphatic heterocycles. The highest BCUT2D eigenvalue weighted by atomic mass is 35.5. The van der Waals surface area contributed by atoms with E-state index in [9.17, 15) is 22.8 Å². The van der Waals surface area contributed by atoms with E-state index in [4.69, 9.17) is 23.2 Å². The molecule has 2 aromatic heterocycles. The van der Waals surface area contributed by atoms with Crippen molar-refractivity contribution in [2.75, 3.05) is 0 Å². The van der Waals surface area contributed by atoms with Gasteiger partial charge in [-0.3, -0.25) is 13.9 Å². The molecule has 166 valence electrons. The fourth-order valence-electron chi connectivity index (χ4n) is 3.42. The van der Waals surface area contributed by atoms with Gasteiger partial charge in [0, 0.05) is 41.2 Å². The van der Waals surface area contributed by atoms with E-state index in [-0.39, 0.29) is 31.6 Å². The van der Waals surface area contributed by atoms with Gasteiger partial charge < -0.3 is 0 Å². The van der Waals surface area contributed by atoms with E-state index in [1.807, 2.05) is 0 Å². The number of ketones is 1. The first kappa shape index (κ1) is 23.3. The number of rotatable bonds is 8. The molecule has 2 heterocycles. The number of halogens is 5. The summed E-state index contributed by atoms with van der Waals surface area (Å²) in [7, 11) is 0. The molecule has 0 saturated carbocycles. The molecule has 0 spiro atoms. The van der Waals surface area contributed by atoms with Crippen molar-refractivity contribution in [2.45, 2.75) is 51.9 Å². The number of aromatic nitrogens is 3. The first-order valence-electron chi connectivity index (χ1n) is 9.73. The van der Waals surface area contributed by atoms with Crippen molar-refractivity contribution in [3.8, 4) is 11.1 Å². The summed E-state index contributed by atoms with van der Waals surface area (Å²) < 4.78 is 39.5. The summed E-state index contributed by atoms with van der Waals surface area (Å²) in [5.41, 5.74) is 1.93. The van der Waals surface area contributed by atoms with Crippen LogP contribution in [0.4, 0.5) is 13.2 Å². The minimum atomic E-state index is -4.23. The largest absolute Gasteiger partial charge is 0.389 e. The average molecular weight is 474 g/mol. The number of carbonyl (C=O) groups is 1. The van der Waals surface area contributed by atoms with Gasteiger partial charge in [-0.1, -0.05) is 23.2 Å². The van der Waals surface area contributed by atoms with Gasteiger partial charge in [-0.25, -0.2) is 9.78 Å². The Bertz CT molecular complexity index is 1150. The lowest BCUT2D eigenvalue weighted by atomic mass is 10.1. The van der Waals surface area contributed by atoms with Gasteiger partial charge in [0.15, 0.2) is 11.4 Å². The highest BCUT2D eigenvalue weighted by Crippen LogP contribution is 2.28. The van der Waals surface area contributed by atoms with E-state index in [0.29, 0.717) is 33.3 Å². The van der Waals surface area contributed by atoms with E-state index >= 15 is 0 Å². The number of imidazole rings is 1. The number of hydrogen-bond donors (Lipinski definition) is 0. The Balaban J connectivity index is 1.87. The van der Waals surface area contributed by atoms with Gasteiger partial charge in [0.1, 0.15) is 0 Å². The molecule has 0 unspecified atom stereocenters. The van der Waals surface area contributed by atoms with E-state index in [1.165, 1.54) is 9.13 Å². The lowest BCUT2D eigenvalue weighted by Gasteiger charge is -2.06. The minimum Gasteiger partial charge on any atom is -0.298 e. The van der Waals surface area contributed by atoms with Crippen LogP contribution in [0.25, 0.3) is 22.3 Å². The molecule has 31 heavy (non-hydrogen) atoms. The third kappa shape index (κ3) is 5.68. The number of nitrogens with zero attached hydrogens (tertiary/aromatic N) is 3. The zero-order valence-electron chi connectivity index (χ0n) is 16.7. The summed E-state index contributed by atoms with van der Waals surface area (Å²) in [6.07, 6.45) is -3.62. The van der Waals surface area contributed by atoms with E-state index in [0.717, 1.165) is 5.56 Å². The molecule has 0 N–H and O–H groups in total. The van der Waals surface area contributed by atoms with Crippen LogP contribution in [0.2, 0.25) is 10.0 Å². The van der Waals surface area contributed by atoms with Crippen LogP contribution in [-0.2, 0) is 17.9 Å². The summed E-state index contributed by atoms with van der Waals surface area (Å²) in [4.78, 5) is 29.5. The van der Waals surface area contributed by atoms with Crippen molar-refractivity contribution < 1.29 is 18.0 Å². The van der Waals surface area contributed by atoms with E-state index in [1.54, 1.807) is 37.4 Å². The number of hydrogen-bond acceptors (Lipinski definition) is 3.